The molecule has 0 aliphatic carbocycles. The van der Waals surface area contributed by atoms with Crippen molar-refractivity contribution in [1.29, 1.82) is 0 Å². The van der Waals surface area contributed by atoms with E-state index in [4.69, 9.17) is 9.47 Å². The highest BCUT2D eigenvalue weighted by Crippen LogP contribution is 2.22. The van der Waals surface area contributed by atoms with Crippen LogP contribution in [-0.4, -0.2) is 87.5 Å². The molecule has 0 saturated carbocycles. The molecule has 7 unspecified atom stereocenters. The van der Waals surface area contributed by atoms with Gasteiger partial charge in [0, 0.05) is 6.42 Å². The van der Waals surface area contributed by atoms with Crippen molar-refractivity contribution in [2.24, 2.45) is 0 Å². The highest BCUT2D eigenvalue weighted by Gasteiger charge is 2.44. The Balaban J connectivity index is 2.14. The first-order chi connectivity index (χ1) is 24.8. The molecule has 0 aromatic rings. The summed E-state index contributed by atoms with van der Waals surface area (Å²) in [5.74, 6) is -0.167. The second kappa shape index (κ2) is 32.5. The van der Waals surface area contributed by atoms with E-state index in [2.05, 4.69) is 79.9 Å². The maximum atomic E-state index is 12.7. The van der Waals surface area contributed by atoms with E-state index in [1.54, 1.807) is 0 Å². The van der Waals surface area contributed by atoms with Crippen LogP contribution in [0.1, 0.15) is 142 Å². The van der Waals surface area contributed by atoms with E-state index in [-0.39, 0.29) is 12.5 Å². The van der Waals surface area contributed by atoms with Gasteiger partial charge in [-0.15, -0.1) is 0 Å². The topological polar surface area (TPSA) is 149 Å². The summed E-state index contributed by atoms with van der Waals surface area (Å²) in [6.45, 7) is 3.52. The molecule has 1 aliphatic rings. The number of aliphatic hydroxyl groups excluding tert-OH is 5. The number of nitrogens with one attached hydrogen (secondary N) is 1. The smallest absolute Gasteiger partial charge is 0.220 e. The summed E-state index contributed by atoms with van der Waals surface area (Å²) >= 11 is 0. The van der Waals surface area contributed by atoms with Crippen molar-refractivity contribution < 1.29 is 39.8 Å². The van der Waals surface area contributed by atoms with E-state index < -0.39 is 49.5 Å². The van der Waals surface area contributed by atoms with Crippen LogP contribution in [-0.2, 0) is 14.3 Å². The molecule has 0 aromatic heterocycles. The minimum atomic E-state index is -1.55. The molecular weight excluding hydrogens is 646 g/mol. The lowest BCUT2D eigenvalue weighted by molar-refractivity contribution is -0.302. The lowest BCUT2D eigenvalue weighted by atomic mass is 9.99. The predicted octanol–water partition coefficient (Wildman–Crippen LogP) is 7.27. The highest BCUT2D eigenvalue weighted by atomic mass is 16.7. The van der Waals surface area contributed by atoms with Crippen LogP contribution in [0, 0.1) is 0 Å². The van der Waals surface area contributed by atoms with Crippen LogP contribution < -0.4 is 5.32 Å². The number of carbonyl (C=O) groups is 1. The van der Waals surface area contributed by atoms with Gasteiger partial charge in [0.1, 0.15) is 24.4 Å². The maximum absolute atomic E-state index is 12.7. The van der Waals surface area contributed by atoms with E-state index in [0.29, 0.717) is 12.8 Å². The second-order valence-electron chi connectivity index (χ2n) is 13.7. The van der Waals surface area contributed by atoms with Crippen molar-refractivity contribution >= 4 is 5.91 Å². The maximum Gasteiger partial charge on any atom is 0.220 e. The number of amides is 1. The van der Waals surface area contributed by atoms with Gasteiger partial charge in [0.05, 0.1) is 25.4 Å². The van der Waals surface area contributed by atoms with Gasteiger partial charge in [-0.05, 0) is 57.8 Å². The molecule has 0 bridgehead atoms. The quantitative estimate of drug-likeness (QED) is 0.0324. The molecule has 1 amide bonds. The fraction of sp³-hybridized carbons (Fsp3) is 0.738. The number of hydrogen-bond acceptors (Lipinski definition) is 8. The van der Waals surface area contributed by atoms with Crippen LogP contribution in [0.25, 0.3) is 0 Å². The summed E-state index contributed by atoms with van der Waals surface area (Å²) < 4.78 is 11.1. The van der Waals surface area contributed by atoms with Crippen LogP contribution in [0.3, 0.4) is 0 Å². The largest absolute Gasteiger partial charge is 0.394 e. The molecule has 0 spiro atoms. The first-order valence-corrected chi connectivity index (χ1v) is 20.0. The molecule has 51 heavy (non-hydrogen) atoms. The Bertz CT molecular complexity index is 978. The number of ether oxygens (including phenoxy) is 2. The lowest BCUT2D eigenvalue weighted by Gasteiger charge is -2.40. The van der Waals surface area contributed by atoms with Crippen molar-refractivity contribution in [2.75, 3.05) is 13.2 Å². The van der Waals surface area contributed by atoms with E-state index in [1.165, 1.54) is 38.5 Å². The Morgan fingerprint density at radius 3 is 1.76 bits per heavy atom. The zero-order valence-corrected chi connectivity index (χ0v) is 31.8. The van der Waals surface area contributed by atoms with E-state index in [0.717, 1.165) is 77.0 Å². The fourth-order valence-electron chi connectivity index (χ4n) is 5.89. The van der Waals surface area contributed by atoms with Crippen molar-refractivity contribution in [2.45, 2.75) is 185 Å². The minimum Gasteiger partial charge on any atom is -0.394 e. The van der Waals surface area contributed by atoms with Gasteiger partial charge in [0.15, 0.2) is 6.29 Å². The van der Waals surface area contributed by atoms with Gasteiger partial charge in [-0.1, -0.05) is 139 Å². The standard InChI is InChI=1S/C42H73NO8/c1-3-5-7-8-9-10-11-12-13-14-15-16-17-18-19-20-21-22-23-24-25-26-27-28-30-32-38(46)43-35(36(45)31-29-6-4-2)34-50-42-41(49)40(48)39(47)37(33-44)51-42/h5,7,9-10,12-13,15-16,18-19,35-37,39-42,44-45,47-49H,3-4,6,8,11,14,17,20-34H2,1-2H3,(H,43,46)/b7-5-,10-9-,13-12-,16-15-,19-18-. The Kier molecular flexibility index (Phi) is 29.9. The first-order valence-electron chi connectivity index (χ1n) is 20.0. The van der Waals surface area contributed by atoms with Crippen LogP contribution in [0.2, 0.25) is 0 Å². The third-order valence-electron chi connectivity index (χ3n) is 9.14. The summed E-state index contributed by atoms with van der Waals surface area (Å²) in [6, 6.07) is -0.720. The molecule has 7 atom stereocenters. The summed E-state index contributed by atoms with van der Waals surface area (Å²) in [5, 5.41) is 53.4. The van der Waals surface area contributed by atoms with Crippen molar-refractivity contribution in [3.05, 3.63) is 60.8 Å². The normalized spacial score (nSPS) is 22.7. The Labute approximate surface area is 309 Å². The third kappa shape index (κ3) is 24.0. The Hall–Kier alpha value is -2.11. The van der Waals surface area contributed by atoms with Gasteiger partial charge in [0.25, 0.3) is 0 Å². The molecule has 1 rings (SSSR count). The summed E-state index contributed by atoms with van der Waals surface area (Å²) in [4.78, 5) is 12.7. The Morgan fingerprint density at radius 2 is 1.22 bits per heavy atom. The molecule has 0 aromatic carbocycles. The monoisotopic (exact) mass is 720 g/mol. The van der Waals surface area contributed by atoms with Crippen molar-refractivity contribution in [3.63, 3.8) is 0 Å². The zero-order chi connectivity index (χ0) is 37.4. The average molecular weight is 720 g/mol. The van der Waals surface area contributed by atoms with Gasteiger partial charge in [0.2, 0.25) is 5.91 Å². The van der Waals surface area contributed by atoms with Gasteiger partial charge in [-0.3, -0.25) is 4.79 Å². The van der Waals surface area contributed by atoms with Crippen LogP contribution >= 0.6 is 0 Å². The summed E-state index contributed by atoms with van der Waals surface area (Å²) in [5.41, 5.74) is 0. The first kappa shape index (κ1) is 46.9. The zero-order valence-electron chi connectivity index (χ0n) is 31.8. The summed E-state index contributed by atoms with van der Waals surface area (Å²) in [7, 11) is 0. The van der Waals surface area contributed by atoms with Crippen LogP contribution in [0.5, 0.6) is 0 Å². The van der Waals surface area contributed by atoms with Crippen molar-refractivity contribution in [1.82, 2.24) is 5.32 Å². The highest BCUT2D eigenvalue weighted by molar-refractivity contribution is 5.76. The number of hydrogen-bond donors (Lipinski definition) is 6. The minimum absolute atomic E-state index is 0.149. The van der Waals surface area contributed by atoms with Crippen LogP contribution in [0.15, 0.2) is 60.8 Å². The van der Waals surface area contributed by atoms with Crippen LogP contribution in [0.4, 0.5) is 0 Å². The molecule has 1 aliphatic heterocycles. The number of carbonyl (C=O) groups excluding carboxylic acids is 1. The van der Waals surface area contributed by atoms with E-state index >= 15 is 0 Å². The van der Waals surface area contributed by atoms with Crippen molar-refractivity contribution in [3.8, 4) is 0 Å². The van der Waals surface area contributed by atoms with E-state index in [1.807, 2.05) is 0 Å². The molecule has 1 heterocycles. The molecule has 294 valence electrons. The molecule has 6 N–H and O–H groups in total. The molecule has 1 saturated heterocycles. The predicted molar refractivity (Wildman–Crippen MR) is 207 cm³/mol. The second-order valence-corrected chi connectivity index (χ2v) is 13.7. The van der Waals surface area contributed by atoms with Gasteiger partial charge < -0.3 is 40.3 Å². The fourth-order valence-corrected chi connectivity index (χ4v) is 5.89. The Morgan fingerprint density at radius 1 is 0.686 bits per heavy atom. The molecule has 0 radical (unpaired) electrons. The number of unbranched alkanes of at least 4 members (excludes halogenated alkanes) is 11. The van der Waals surface area contributed by atoms with Gasteiger partial charge in [-0.2, -0.15) is 0 Å². The number of allylic oxidation sites excluding steroid dienone is 10. The van der Waals surface area contributed by atoms with E-state index in [9.17, 15) is 30.3 Å². The molecule has 9 nitrogen and oxygen atoms in total. The third-order valence-corrected chi connectivity index (χ3v) is 9.14. The average Bonchev–Trinajstić information content (AvgIpc) is 3.13. The number of aliphatic hydroxyl groups is 5. The van der Waals surface area contributed by atoms with Gasteiger partial charge in [-0.25, -0.2) is 0 Å². The van der Waals surface area contributed by atoms with Gasteiger partial charge >= 0.3 is 0 Å². The molecule has 9 heteroatoms. The summed E-state index contributed by atoms with van der Waals surface area (Å²) in [6.07, 6.45) is 34.6. The number of rotatable bonds is 31. The SMILES string of the molecule is CC/C=C\C/C=C\C/C=C\C/C=C\C/C=C\CCCCCCCCCCCC(=O)NC(COC1OC(CO)C(O)C(O)C1O)C(O)CCCCC. The molecule has 1 fully saturated rings. The molecular formula is C42H73NO8. The lowest BCUT2D eigenvalue weighted by Crippen LogP contribution is -2.60.